The van der Waals surface area contributed by atoms with Gasteiger partial charge in [-0.25, -0.2) is 0 Å². The van der Waals surface area contributed by atoms with E-state index in [0.717, 1.165) is 36.4 Å². The van der Waals surface area contributed by atoms with E-state index >= 15 is 0 Å². The van der Waals surface area contributed by atoms with Gasteiger partial charge in [-0.2, -0.15) is 5.26 Å². The van der Waals surface area contributed by atoms with Crippen LogP contribution in [-0.4, -0.2) is 23.5 Å². The molecule has 0 aromatic carbocycles. The first kappa shape index (κ1) is 9.72. The third kappa shape index (κ3) is 1.84. The highest BCUT2D eigenvalue weighted by atomic mass is 15.1. The third-order valence-electron chi connectivity index (χ3n) is 2.69. The van der Waals surface area contributed by atoms with Crippen LogP contribution < -0.4 is 0 Å². The molecule has 0 spiro atoms. The van der Waals surface area contributed by atoms with Crippen molar-refractivity contribution in [1.29, 1.82) is 5.26 Å². The lowest BCUT2D eigenvalue weighted by atomic mass is 10.1. The Balaban J connectivity index is 2.45. The van der Waals surface area contributed by atoms with Crippen LogP contribution in [0.25, 0.3) is 5.57 Å². The van der Waals surface area contributed by atoms with Crippen LogP contribution in [-0.2, 0) is 0 Å². The van der Waals surface area contributed by atoms with Crippen LogP contribution in [0.4, 0.5) is 0 Å². The zero-order valence-electron chi connectivity index (χ0n) is 8.77. The van der Waals surface area contributed by atoms with E-state index in [2.05, 4.69) is 16.0 Å². The number of aromatic nitrogens is 1. The average Bonchev–Trinajstić information content (AvgIpc) is 2.68. The highest BCUT2D eigenvalue weighted by Crippen LogP contribution is 2.26. The molecule has 76 valence electrons. The first-order chi connectivity index (χ1) is 7.33. The third-order valence-corrected chi connectivity index (χ3v) is 2.69. The summed E-state index contributed by atoms with van der Waals surface area (Å²) in [4.78, 5) is 6.37. The van der Waals surface area contributed by atoms with Gasteiger partial charge >= 0.3 is 0 Å². The Hall–Kier alpha value is -1.82. The fraction of sp³-hybridized carbons (Fsp3) is 0.333. The van der Waals surface area contributed by atoms with E-state index in [-0.39, 0.29) is 0 Å². The quantitative estimate of drug-likeness (QED) is 0.650. The maximum atomic E-state index is 9.18. The number of hydrogen-bond acceptors (Lipinski definition) is 3. The summed E-state index contributed by atoms with van der Waals surface area (Å²) in [5.41, 5.74) is 2.62. The molecule has 0 atom stereocenters. The molecule has 1 aliphatic heterocycles. The standard InChI is InChI=1S/C12H13N3/c1-15-8-4-6-12(15)10(9-13)11-5-2-3-7-14-11/h2-3,5,7H,4,6,8H2,1H3/b12-10+. The molecule has 0 unspecified atom stereocenters. The summed E-state index contributed by atoms with van der Waals surface area (Å²) in [5.74, 6) is 0. The molecule has 1 aromatic rings. The fourth-order valence-electron chi connectivity index (χ4n) is 1.91. The minimum absolute atomic E-state index is 0.718. The lowest BCUT2D eigenvalue weighted by molar-refractivity contribution is 0.483. The molecule has 1 saturated heterocycles. The van der Waals surface area contributed by atoms with Gasteiger partial charge in [0.05, 0.1) is 11.3 Å². The Morgan fingerprint density at radius 2 is 2.40 bits per heavy atom. The molecule has 15 heavy (non-hydrogen) atoms. The molecule has 0 saturated carbocycles. The normalized spacial score (nSPS) is 18.8. The molecule has 2 rings (SSSR count). The second-order valence-electron chi connectivity index (χ2n) is 3.67. The fourth-order valence-corrected chi connectivity index (χ4v) is 1.91. The van der Waals surface area contributed by atoms with Crippen molar-refractivity contribution in [2.75, 3.05) is 13.6 Å². The molecule has 0 bridgehead atoms. The van der Waals surface area contributed by atoms with Crippen molar-refractivity contribution in [3.05, 3.63) is 35.8 Å². The molecule has 1 fully saturated rings. The summed E-state index contributed by atoms with van der Waals surface area (Å²) in [6.45, 7) is 1.04. The predicted octanol–water partition coefficient (Wildman–Crippen LogP) is 2.04. The maximum Gasteiger partial charge on any atom is 0.103 e. The Morgan fingerprint density at radius 1 is 1.53 bits per heavy atom. The highest BCUT2D eigenvalue weighted by molar-refractivity contribution is 5.77. The molecule has 0 radical (unpaired) electrons. The largest absolute Gasteiger partial charge is 0.377 e. The summed E-state index contributed by atoms with van der Waals surface area (Å²) in [7, 11) is 2.03. The minimum atomic E-state index is 0.718. The molecule has 0 N–H and O–H groups in total. The molecule has 3 nitrogen and oxygen atoms in total. The zero-order chi connectivity index (χ0) is 10.7. The van der Waals surface area contributed by atoms with Crippen LogP contribution in [0, 0.1) is 11.3 Å². The lowest BCUT2D eigenvalue weighted by Gasteiger charge is -2.14. The number of hydrogen-bond donors (Lipinski definition) is 0. The van der Waals surface area contributed by atoms with Crippen LogP contribution in [0.2, 0.25) is 0 Å². The zero-order valence-corrected chi connectivity index (χ0v) is 8.77. The minimum Gasteiger partial charge on any atom is -0.377 e. The van der Waals surface area contributed by atoms with Crippen molar-refractivity contribution in [3.8, 4) is 6.07 Å². The van der Waals surface area contributed by atoms with Gasteiger partial charge in [-0.05, 0) is 25.0 Å². The first-order valence-corrected chi connectivity index (χ1v) is 5.08. The van der Waals surface area contributed by atoms with E-state index in [4.69, 9.17) is 0 Å². The van der Waals surface area contributed by atoms with E-state index in [1.165, 1.54) is 0 Å². The van der Waals surface area contributed by atoms with Crippen molar-refractivity contribution in [2.45, 2.75) is 12.8 Å². The highest BCUT2D eigenvalue weighted by Gasteiger charge is 2.18. The Kier molecular flexibility index (Phi) is 2.68. The average molecular weight is 199 g/mol. The molecular formula is C12H13N3. The van der Waals surface area contributed by atoms with Gasteiger partial charge in [0.2, 0.25) is 0 Å². The molecule has 3 heteroatoms. The van der Waals surface area contributed by atoms with Crippen LogP contribution >= 0.6 is 0 Å². The van der Waals surface area contributed by atoms with Gasteiger partial charge in [-0.3, -0.25) is 4.98 Å². The maximum absolute atomic E-state index is 9.18. The van der Waals surface area contributed by atoms with E-state index in [1.54, 1.807) is 6.20 Å². The number of rotatable bonds is 1. The van der Waals surface area contributed by atoms with Gasteiger partial charge in [0.15, 0.2) is 0 Å². The molecule has 0 amide bonds. The Morgan fingerprint density at radius 3 is 2.93 bits per heavy atom. The van der Waals surface area contributed by atoms with E-state index in [1.807, 2.05) is 25.2 Å². The number of pyridine rings is 1. The first-order valence-electron chi connectivity index (χ1n) is 5.08. The molecule has 1 aromatic heterocycles. The molecule has 1 aliphatic rings. The van der Waals surface area contributed by atoms with Crippen molar-refractivity contribution in [1.82, 2.24) is 9.88 Å². The number of allylic oxidation sites excluding steroid dienone is 2. The van der Waals surface area contributed by atoms with Crippen molar-refractivity contribution < 1.29 is 0 Å². The smallest absolute Gasteiger partial charge is 0.103 e. The van der Waals surface area contributed by atoms with Crippen molar-refractivity contribution in [3.63, 3.8) is 0 Å². The Bertz CT molecular complexity index is 414. The SMILES string of the molecule is CN1CCC/C1=C(/C#N)c1ccccn1. The van der Waals surface area contributed by atoms with Gasteiger partial charge in [0.1, 0.15) is 6.07 Å². The van der Waals surface area contributed by atoms with Crippen molar-refractivity contribution >= 4 is 5.57 Å². The number of likely N-dealkylation sites (tertiary alicyclic amines) is 1. The van der Waals surface area contributed by atoms with Gasteiger partial charge < -0.3 is 4.90 Å². The van der Waals surface area contributed by atoms with Crippen LogP contribution in [0.3, 0.4) is 0 Å². The van der Waals surface area contributed by atoms with Gasteiger partial charge in [0, 0.05) is 25.5 Å². The van der Waals surface area contributed by atoms with E-state index in [0.29, 0.717) is 0 Å². The monoisotopic (exact) mass is 199 g/mol. The van der Waals surface area contributed by atoms with Crippen LogP contribution in [0.15, 0.2) is 30.1 Å². The van der Waals surface area contributed by atoms with Crippen molar-refractivity contribution in [2.24, 2.45) is 0 Å². The molecule has 0 aliphatic carbocycles. The van der Waals surface area contributed by atoms with Crippen LogP contribution in [0.1, 0.15) is 18.5 Å². The van der Waals surface area contributed by atoms with E-state index in [9.17, 15) is 5.26 Å². The second kappa shape index (κ2) is 4.14. The summed E-state index contributed by atoms with van der Waals surface area (Å²) < 4.78 is 0. The summed E-state index contributed by atoms with van der Waals surface area (Å²) in [6, 6.07) is 7.93. The molecular weight excluding hydrogens is 186 g/mol. The Labute approximate surface area is 89.7 Å². The topological polar surface area (TPSA) is 39.9 Å². The summed E-state index contributed by atoms with van der Waals surface area (Å²) in [5, 5.41) is 9.18. The lowest BCUT2D eigenvalue weighted by Crippen LogP contribution is -2.11. The van der Waals surface area contributed by atoms with Gasteiger partial charge in [-0.15, -0.1) is 0 Å². The van der Waals surface area contributed by atoms with Gasteiger partial charge in [-0.1, -0.05) is 6.07 Å². The van der Waals surface area contributed by atoms with Gasteiger partial charge in [0.25, 0.3) is 0 Å². The number of nitriles is 1. The second-order valence-corrected chi connectivity index (χ2v) is 3.67. The number of nitrogens with zero attached hydrogens (tertiary/aromatic N) is 3. The summed E-state index contributed by atoms with van der Waals surface area (Å²) >= 11 is 0. The predicted molar refractivity (Wildman–Crippen MR) is 58.6 cm³/mol. The summed E-state index contributed by atoms with van der Waals surface area (Å²) in [6.07, 6.45) is 3.84. The van der Waals surface area contributed by atoms with E-state index < -0.39 is 0 Å². The molecule has 2 heterocycles. The van der Waals surface area contributed by atoms with Crippen LogP contribution in [0.5, 0.6) is 0 Å².